The highest BCUT2D eigenvalue weighted by Crippen LogP contribution is 2.38. The topological polar surface area (TPSA) is 40.6 Å². The molecule has 2 aromatic carbocycles. The Morgan fingerprint density at radius 2 is 1.81 bits per heavy atom. The average molecular weight is 558 g/mol. The number of carbonyl (C=O) groups excluding carboxylic acids is 2. The van der Waals surface area contributed by atoms with Crippen LogP contribution in [-0.4, -0.2) is 40.7 Å². The van der Waals surface area contributed by atoms with Crippen molar-refractivity contribution >= 4 is 46.4 Å². The lowest BCUT2D eigenvalue weighted by Crippen LogP contribution is -2.49. The Kier molecular flexibility index (Phi) is 8.37. The molecule has 2 unspecified atom stereocenters. The molecule has 4 rings (SSSR count). The van der Waals surface area contributed by atoms with Crippen molar-refractivity contribution < 1.29 is 9.59 Å². The second-order valence-corrected chi connectivity index (χ2v) is 12.6. The molecule has 0 spiro atoms. The van der Waals surface area contributed by atoms with E-state index in [0.29, 0.717) is 17.1 Å². The van der Waals surface area contributed by atoms with Crippen LogP contribution in [0.15, 0.2) is 53.9 Å². The van der Waals surface area contributed by atoms with Crippen LogP contribution in [0.1, 0.15) is 79.0 Å². The van der Waals surface area contributed by atoms with E-state index in [1.807, 2.05) is 18.7 Å². The summed E-state index contributed by atoms with van der Waals surface area (Å²) in [6.45, 7) is 11.2. The van der Waals surface area contributed by atoms with Crippen LogP contribution in [0, 0.1) is 0 Å². The Balaban J connectivity index is 1.65. The largest absolute Gasteiger partial charge is 0.330 e. The molecule has 0 N–H and O–H groups in total. The first kappa shape index (κ1) is 27.7. The third kappa shape index (κ3) is 5.89. The first-order chi connectivity index (χ1) is 17.5. The van der Waals surface area contributed by atoms with Crippen LogP contribution in [0.4, 0.5) is 0 Å². The van der Waals surface area contributed by atoms with Gasteiger partial charge in [-0.2, -0.15) is 0 Å². The minimum Gasteiger partial charge on any atom is -0.330 e. The molecule has 4 nitrogen and oxygen atoms in total. The van der Waals surface area contributed by atoms with E-state index in [2.05, 4.69) is 56.5 Å². The van der Waals surface area contributed by atoms with E-state index in [-0.39, 0.29) is 40.9 Å². The highest BCUT2D eigenvalue weighted by molar-refractivity contribution is 7.10. The molecule has 7 heteroatoms. The van der Waals surface area contributed by atoms with Gasteiger partial charge in [0.05, 0.1) is 16.6 Å². The minimum atomic E-state index is -0.260. The van der Waals surface area contributed by atoms with E-state index >= 15 is 0 Å². The number of rotatable bonds is 6. The predicted octanol–water partition coefficient (Wildman–Crippen LogP) is 7.77. The molecule has 0 aliphatic carbocycles. The van der Waals surface area contributed by atoms with Gasteiger partial charge in [0.1, 0.15) is 6.54 Å². The van der Waals surface area contributed by atoms with E-state index in [1.54, 1.807) is 34.4 Å². The number of amides is 2. The van der Waals surface area contributed by atoms with Crippen LogP contribution in [0.3, 0.4) is 0 Å². The lowest BCUT2D eigenvalue weighted by molar-refractivity contribution is -0.134. The van der Waals surface area contributed by atoms with E-state index in [9.17, 15) is 9.59 Å². The maximum atomic E-state index is 13.9. The Hall–Kier alpha value is -2.34. The van der Waals surface area contributed by atoms with Crippen LogP contribution in [0.5, 0.6) is 0 Å². The molecule has 1 aromatic heterocycles. The maximum absolute atomic E-state index is 13.9. The molecule has 3 aromatic rings. The molecule has 1 aliphatic rings. The molecule has 0 saturated heterocycles. The summed E-state index contributed by atoms with van der Waals surface area (Å²) in [6, 6.07) is 15.3. The molecule has 37 heavy (non-hydrogen) atoms. The van der Waals surface area contributed by atoms with Gasteiger partial charge >= 0.3 is 0 Å². The minimum absolute atomic E-state index is 0.0111. The summed E-state index contributed by atoms with van der Waals surface area (Å²) >= 11 is 14.2. The highest BCUT2D eigenvalue weighted by atomic mass is 35.5. The summed E-state index contributed by atoms with van der Waals surface area (Å²) in [6.07, 6.45) is 1.53. The van der Waals surface area contributed by atoms with Gasteiger partial charge in [-0.15, -0.1) is 11.3 Å². The predicted molar refractivity (Wildman–Crippen MR) is 154 cm³/mol. The van der Waals surface area contributed by atoms with Crippen molar-refractivity contribution in [3.8, 4) is 0 Å². The Bertz CT molecular complexity index is 1280. The van der Waals surface area contributed by atoms with Gasteiger partial charge in [-0.3, -0.25) is 9.59 Å². The zero-order valence-electron chi connectivity index (χ0n) is 22.1. The fraction of sp³-hybridized carbons (Fsp3) is 0.400. The summed E-state index contributed by atoms with van der Waals surface area (Å²) in [5.41, 5.74) is 3.92. The van der Waals surface area contributed by atoms with E-state index in [1.165, 1.54) is 16.0 Å². The highest BCUT2D eigenvalue weighted by Gasteiger charge is 2.35. The molecule has 0 saturated carbocycles. The van der Waals surface area contributed by atoms with Crippen LogP contribution >= 0.6 is 34.5 Å². The van der Waals surface area contributed by atoms with Gasteiger partial charge in [0, 0.05) is 22.5 Å². The quantitative estimate of drug-likeness (QED) is 0.311. The average Bonchev–Trinajstić information content (AvgIpc) is 3.34. The van der Waals surface area contributed by atoms with Crippen molar-refractivity contribution in [2.24, 2.45) is 0 Å². The second kappa shape index (κ2) is 11.2. The molecule has 0 fully saturated rings. The SMILES string of the molecule is CCC(C)N(CC(=O)N1CCc2sccc2C1c1ccc(C(C)(C)C)cc1)C(=O)c1ccc(Cl)cc1Cl. The molecule has 2 heterocycles. The number of carbonyl (C=O) groups is 2. The second-order valence-electron chi connectivity index (χ2n) is 10.7. The molecular formula is C30H34Cl2N2O2S. The third-order valence-corrected chi connectivity index (χ3v) is 8.77. The van der Waals surface area contributed by atoms with E-state index in [0.717, 1.165) is 18.4 Å². The van der Waals surface area contributed by atoms with Crippen LogP contribution in [0.25, 0.3) is 0 Å². The number of thiophene rings is 1. The van der Waals surface area contributed by atoms with Gasteiger partial charge in [0.25, 0.3) is 5.91 Å². The van der Waals surface area contributed by atoms with Crippen molar-refractivity contribution in [2.75, 3.05) is 13.1 Å². The van der Waals surface area contributed by atoms with Gasteiger partial charge < -0.3 is 9.80 Å². The third-order valence-electron chi connectivity index (χ3n) is 7.23. The van der Waals surface area contributed by atoms with Crippen LogP contribution in [0.2, 0.25) is 10.0 Å². The van der Waals surface area contributed by atoms with Gasteiger partial charge in [0.15, 0.2) is 0 Å². The Morgan fingerprint density at radius 1 is 1.11 bits per heavy atom. The van der Waals surface area contributed by atoms with Crippen molar-refractivity contribution in [2.45, 2.75) is 65.0 Å². The van der Waals surface area contributed by atoms with Gasteiger partial charge in [-0.05, 0) is 71.5 Å². The van der Waals surface area contributed by atoms with Crippen molar-refractivity contribution in [3.63, 3.8) is 0 Å². The number of benzene rings is 2. The van der Waals surface area contributed by atoms with Crippen LogP contribution < -0.4 is 0 Å². The van der Waals surface area contributed by atoms with Gasteiger partial charge in [-0.1, -0.05) is 75.2 Å². The van der Waals surface area contributed by atoms with E-state index in [4.69, 9.17) is 23.2 Å². The summed E-state index contributed by atoms with van der Waals surface area (Å²) in [5.74, 6) is -0.329. The fourth-order valence-electron chi connectivity index (χ4n) is 4.81. The summed E-state index contributed by atoms with van der Waals surface area (Å²) < 4.78 is 0. The number of nitrogens with zero attached hydrogens (tertiary/aromatic N) is 2. The molecule has 196 valence electrons. The lowest BCUT2D eigenvalue weighted by Gasteiger charge is -2.38. The first-order valence-electron chi connectivity index (χ1n) is 12.7. The number of fused-ring (bicyclic) bond motifs is 1. The molecular weight excluding hydrogens is 523 g/mol. The molecule has 0 radical (unpaired) electrons. The lowest BCUT2D eigenvalue weighted by atomic mass is 9.85. The van der Waals surface area contributed by atoms with Gasteiger partial charge in [-0.25, -0.2) is 0 Å². The molecule has 0 bridgehead atoms. The zero-order valence-corrected chi connectivity index (χ0v) is 24.4. The van der Waals surface area contributed by atoms with Crippen molar-refractivity contribution in [1.82, 2.24) is 9.80 Å². The summed E-state index contributed by atoms with van der Waals surface area (Å²) in [5, 5.41) is 2.86. The zero-order chi connectivity index (χ0) is 26.9. The number of halogens is 2. The summed E-state index contributed by atoms with van der Waals surface area (Å²) in [7, 11) is 0. The normalized spacial score (nSPS) is 16.3. The van der Waals surface area contributed by atoms with Crippen LogP contribution in [-0.2, 0) is 16.6 Å². The van der Waals surface area contributed by atoms with Gasteiger partial charge in [0.2, 0.25) is 5.91 Å². The Morgan fingerprint density at radius 3 is 2.43 bits per heavy atom. The fourth-order valence-corrected chi connectivity index (χ4v) is 6.21. The van der Waals surface area contributed by atoms with E-state index < -0.39 is 0 Å². The maximum Gasteiger partial charge on any atom is 0.256 e. The monoisotopic (exact) mass is 556 g/mol. The standard InChI is InChI=1S/C30H34Cl2N2O2S/c1-6-19(2)34(29(36)23-12-11-22(31)17-25(23)32)18-27(35)33-15-13-26-24(14-16-37-26)28(33)20-7-9-21(10-8-20)30(3,4)5/h7-12,14,16-17,19,28H,6,13,15,18H2,1-5H3. The number of hydrogen-bond acceptors (Lipinski definition) is 3. The Labute approximate surface area is 234 Å². The van der Waals surface area contributed by atoms with Crippen molar-refractivity contribution in [3.05, 3.63) is 91.1 Å². The molecule has 2 amide bonds. The first-order valence-corrected chi connectivity index (χ1v) is 14.4. The molecule has 2 atom stereocenters. The summed E-state index contributed by atoms with van der Waals surface area (Å²) in [4.78, 5) is 32.4. The number of hydrogen-bond donors (Lipinski definition) is 0. The van der Waals surface area contributed by atoms with Crippen molar-refractivity contribution in [1.29, 1.82) is 0 Å². The molecule has 1 aliphatic heterocycles. The smallest absolute Gasteiger partial charge is 0.256 e.